The van der Waals surface area contributed by atoms with E-state index in [4.69, 9.17) is 34.8 Å². The van der Waals surface area contributed by atoms with Gasteiger partial charge in [0.2, 0.25) is 0 Å². The molecule has 4 nitrogen and oxygen atoms in total. The highest BCUT2D eigenvalue weighted by Crippen LogP contribution is 2.25. The van der Waals surface area contributed by atoms with Gasteiger partial charge in [-0.25, -0.2) is 5.43 Å². The summed E-state index contributed by atoms with van der Waals surface area (Å²) in [7, 11) is 0. The van der Waals surface area contributed by atoms with Crippen molar-refractivity contribution in [3.63, 3.8) is 0 Å². The molecule has 2 rings (SSSR count). The molecule has 0 aliphatic carbocycles. The predicted octanol–water partition coefficient (Wildman–Crippen LogP) is 4.97. The molecule has 0 saturated heterocycles. The van der Waals surface area contributed by atoms with Crippen molar-refractivity contribution in [2.24, 2.45) is 5.10 Å². The fraction of sp³-hybridized carbons (Fsp3) is 0.0667. The molecule has 0 fully saturated rings. The van der Waals surface area contributed by atoms with Gasteiger partial charge in [-0.2, -0.15) is 5.10 Å². The van der Waals surface area contributed by atoms with Crippen molar-refractivity contribution in [3.05, 3.63) is 61.5 Å². The fourth-order valence-electron chi connectivity index (χ4n) is 1.63. The van der Waals surface area contributed by atoms with Crippen LogP contribution in [0.2, 0.25) is 15.1 Å². The summed E-state index contributed by atoms with van der Waals surface area (Å²) in [5.74, 6) is -0.298. The second kappa shape index (κ2) is 8.55. The molecule has 1 amide bonds. The maximum absolute atomic E-state index is 11.7. The van der Waals surface area contributed by atoms with E-state index < -0.39 is 0 Å². The first-order valence-electron chi connectivity index (χ1n) is 6.41. The molecule has 2 aromatic rings. The Hall–Kier alpha value is -1.27. The fourth-order valence-corrected chi connectivity index (χ4v) is 2.91. The summed E-state index contributed by atoms with van der Waals surface area (Å²) < 4.78 is 0.772. The lowest BCUT2D eigenvalue weighted by Crippen LogP contribution is -2.26. The van der Waals surface area contributed by atoms with Crippen molar-refractivity contribution < 1.29 is 4.79 Å². The summed E-state index contributed by atoms with van der Waals surface area (Å²) >= 11 is 21.0. The average Bonchev–Trinajstić information content (AvgIpc) is 2.48. The predicted molar refractivity (Wildman–Crippen MR) is 99.8 cm³/mol. The van der Waals surface area contributed by atoms with Crippen LogP contribution in [-0.2, 0) is 4.79 Å². The van der Waals surface area contributed by atoms with E-state index in [9.17, 15) is 4.79 Å². The van der Waals surface area contributed by atoms with E-state index in [0.29, 0.717) is 20.6 Å². The molecular weight excluding hydrogens is 424 g/mol. The van der Waals surface area contributed by atoms with Crippen LogP contribution in [0.1, 0.15) is 5.56 Å². The summed E-state index contributed by atoms with van der Waals surface area (Å²) in [4.78, 5) is 11.7. The van der Waals surface area contributed by atoms with Gasteiger partial charge in [-0.3, -0.25) is 4.79 Å². The third kappa shape index (κ3) is 5.70. The van der Waals surface area contributed by atoms with Crippen molar-refractivity contribution >= 4 is 68.5 Å². The van der Waals surface area contributed by atoms with Crippen LogP contribution in [-0.4, -0.2) is 18.7 Å². The maximum Gasteiger partial charge on any atom is 0.259 e. The van der Waals surface area contributed by atoms with Crippen molar-refractivity contribution in [1.82, 2.24) is 5.43 Å². The molecule has 0 aliphatic rings. The Morgan fingerprint density at radius 1 is 1.13 bits per heavy atom. The van der Waals surface area contributed by atoms with Crippen molar-refractivity contribution in [1.29, 1.82) is 0 Å². The van der Waals surface area contributed by atoms with Crippen molar-refractivity contribution in [3.8, 4) is 0 Å². The lowest BCUT2D eigenvalue weighted by Gasteiger charge is -2.07. The molecule has 0 saturated carbocycles. The van der Waals surface area contributed by atoms with E-state index in [0.717, 1.165) is 10.2 Å². The number of benzene rings is 2. The van der Waals surface area contributed by atoms with Gasteiger partial charge in [0.25, 0.3) is 5.91 Å². The molecular formula is C15H11BrCl3N3O. The smallest absolute Gasteiger partial charge is 0.259 e. The Kier molecular flexibility index (Phi) is 6.72. The van der Waals surface area contributed by atoms with Crippen LogP contribution in [0.15, 0.2) is 46.0 Å². The maximum atomic E-state index is 11.7. The van der Waals surface area contributed by atoms with E-state index in [2.05, 4.69) is 31.8 Å². The summed E-state index contributed by atoms with van der Waals surface area (Å²) in [6.45, 7) is 0.0614. The number of hydrogen-bond donors (Lipinski definition) is 2. The molecule has 2 N–H and O–H groups in total. The van der Waals surface area contributed by atoms with Crippen molar-refractivity contribution in [2.45, 2.75) is 0 Å². The van der Waals surface area contributed by atoms with Crippen LogP contribution in [0, 0.1) is 0 Å². The monoisotopic (exact) mass is 433 g/mol. The number of hydrazone groups is 1. The summed E-state index contributed by atoms with van der Waals surface area (Å²) in [6.07, 6.45) is 1.45. The number of carbonyl (C=O) groups is 1. The zero-order valence-corrected chi connectivity index (χ0v) is 15.5. The van der Waals surface area contributed by atoms with Gasteiger partial charge >= 0.3 is 0 Å². The Labute approximate surface area is 156 Å². The van der Waals surface area contributed by atoms with Gasteiger partial charge in [-0.1, -0.05) is 40.9 Å². The van der Waals surface area contributed by atoms with Crippen LogP contribution < -0.4 is 10.7 Å². The largest absolute Gasteiger partial charge is 0.375 e. The number of carbonyl (C=O) groups excluding carboxylic acids is 1. The van der Waals surface area contributed by atoms with Gasteiger partial charge in [0.1, 0.15) is 0 Å². The SMILES string of the molecule is O=C(CNc1ccc(Cl)cc1Br)NN=Cc1ccc(Cl)cc1Cl. The van der Waals surface area contributed by atoms with Crippen LogP contribution >= 0.6 is 50.7 Å². The Bertz CT molecular complexity index is 753. The van der Waals surface area contributed by atoms with Gasteiger partial charge in [0.05, 0.1) is 17.8 Å². The highest BCUT2D eigenvalue weighted by molar-refractivity contribution is 9.10. The van der Waals surface area contributed by atoms with Crippen LogP contribution in [0.4, 0.5) is 5.69 Å². The molecule has 8 heteroatoms. The molecule has 120 valence electrons. The highest BCUT2D eigenvalue weighted by atomic mass is 79.9. The van der Waals surface area contributed by atoms with Gasteiger partial charge in [-0.15, -0.1) is 0 Å². The first kappa shape index (κ1) is 18.1. The second-order valence-electron chi connectivity index (χ2n) is 4.44. The number of halogens is 4. The van der Waals surface area contributed by atoms with Crippen molar-refractivity contribution in [2.75, 3.05) is 11.9 Å². The Morgan fingerprint density at radius 2 is 1.83 bits per heavy atom. The summed E-state index contributed by atoms with van der Waals surface area (Å²) in [6, 6.07) is 10.2. The molecule has 2 aromatic carbocycles. The molecule has 23 heavy (non-hydrogen) atoms. The highest BCUT2D eigenvalue weighted by Gasteiger charge is 2.04. The van der Waals surface area contributed by atoms with Gasteiger partial charge in [0.15, 0.2) is 0 Å². The zero-order valence-electron chi connectivity index (χ0n) is 11.6. The Morgan fingerprint density at radius 3 is 2.52 bits per heavy atom. The second-order valence-corrected chi connectivity index (χ2v) is 6.57. The van der Waals surface area contributed by atoms with Crippen LogP contribution in [0.5, 0.6) is 0 Å². The number of rotatable bonds is 5. The first-order chi connectivity index (χ1) is 11.0. The summed E-state index contributed by atoms with van der Waals surface area (Å²) in [5, 5.41) is 8.43. The minimum atomic E-state index is -0.298. The third-order valence-electron chi connectivity index (χ3n) is 2.73. The first-order valence-corrected chi connectivity index (χ1v) is 8.34. The standard InChI is InChI=1S/C15H11BrCl3N3O/c16-12-5-10(17)3-4-14(12)20-8-15(23)22-21-7-9-1-2-11(18)6-13(9)19/h1-7,20H,8H2,(H,22,23). The molecule has 0 atom stereocenters. The minimum Gasteiger partial charge on any atom is -0.375 e. The third-order valence-corrected chi connectivity index (χ3v) is 4.18. The lowest BCUT2D eigenvalue weighted by atomic mass is 10.2. The van der Waals surface area contributed by atoms with E-state index >= 15 is 0 Å². The molecule has 0 heterocycles. The molecule has 0 unspecified atom stereocenters. The molecule has 0 aliphatic heterocycles. The molecule has 0 aromatic heterocycles. The van der Waals surface area contributed by atoms with Gasteiger partial charge in [0, 0.05) is 25.8 Å². The van der Waals surface area contributed by atoms with Gasteiger partial charge < -0.3 is 5.32 Å². The zero-order chi connectivity index (χ0) is 16.8. The number of hydrogen-bond acceptors (Lipinski definition) is 3. The lowest BCUT2D eigenvalue weighted by molar-refractivity contribution is -0.119. The quantitative estimate of drug-likeness (QED) is 0.515. The van der Waals surface area contributed by atoms with Crippen LogP contribution in [0.25, 0.3) is 0 Å². The van der Waals surface area contributed by atoms with Crippen LogP contribution in [0.3, 0.4) is 0 Å². The van der Waals surface area contributed by atoms with E-state index in [1.54, 1.807) is 36.4 Å². The summed E-state index contributed by atoms with van der Waals surface area (Å²) in [5.41, 5.74) is 3.82. The molecule has 0 bridgehead atoms. The number of nitrogens with zero attached hydrogens (tertiary/aromatic N) is 1. The van der Waals surface area contributed by atoms with Gasteiger partial charge in [-0.05, 0) is 46.3 Å². The minimum absolute atomic E-state index is 0.0614. The molecule has 0 radical (unpaired) electrons. The van der Waals surface area contributed by atoms with E-state index in [1.165, 1.54) is 6.21 Å². The number of amides is 1. The number of nitrogens with one attached hydrogen (secondary N) is 2. The Balaban J connectivity index is 1.86. The average molecular weight is 436 g/mol. The van der Waals surface area contributed by atoms with E-state index in [1.807, 2.05) is 0 Å². The molecule has 0 spiro atoms. The topological polar surface area (TPSA) is 53.5 Å². The van der Waals surface area contributed by atoms with E-state index in [-0.39, 0.29) is 12.5 Å². The number of anilines is 1. The normalized spacial score (nSPS) is 10.8.